The molecule has 0 saturated carbocycles. The minimum atomic E-state index is -0.228. The number of hydrogen-bond acceptors (Lipinski definition) is 1. The van der Waals surface area contributed by atoms with Gasteiger partial charge in [0.1, 0.15) is 0 Å². The van der Waals surface area contributed by atoms with Crippen molar-refractivity contribution in [1.29, 1.82) is 0 Å². The van der Waals surface area contributed by atoms with Crippen LogP contribution in [0.5, 0.6) is 0 Å². The third kappa shape index (κ3) is 4.59. The molecule has 22 heavy (non-hydrogen) atoms. The first-order valence-corrected chi connectivity index (χ1v) is 7.55. The first-order valence-electron chi connectivity index (χ1n) is 7.55. The topological polar surface area (TPSA) is 20.3 Å². The summed E-state index contributed by atoms with van der Waals surface area (Å²) in [6.45, 7) is 6.79. The summed E-state index contributed by atoms with van der Waals surface area (Å²) in [6.07, 6.45) is 3.52. The van der Waals surface area contributed by atoms with Crippen LogP contribution >= 0.6 is 0 Å². The standard InChI is InChI=1S/C20H23NO/c1-20(2,3)21(16-18-12-8-5-9-13-18)19(22)15-14-17-10-6-4-7-11-17/h4-15H,16H2,1-3H3/b15-14+. The van der Waals surface area contributed by atoms with Gasteiger partial charge in [-0.1, -0.05) is 60.7 Å². The van der Waals surface area contributed by atoms with Crippen LogP contribution in [0.4, 0.5) is 0 Å². The summed E-state index contributed by atoms with van der Waals surface area (Å²) in [5, 5.41) is 0. The molecule has 114 valence electrons. The van der Waals surface area contributed by atoms with Crippen LogP contribution in [-0.4, -0.2) is 16.3 Å². The van der Waals surface area contributed by atoms with Crippen molar-refractivity contribution >= 4 is 12.0 Å². The first-order chi connectivity index (χ1) is 10.5. The summed E-state index contributed by atoms with van der Waals surface area (Å²) >= 11 is 0. The van der Waals surface area contributed by atoms with Gasteiger partial charge in [0.05, 0.1) is 0 Å². The van der Waals surface area contributed by atoms with Crippen LogP contribution < -0.4 is 0 Å². The highest BCUT2D eigenvalue weighted by Crippen LogP contribution is 2.18. The van der Waals surface area contributed by atoms with Crippen molar-refractivity contribution in [2.45, 2.75) is 32.9 Å². The number of rotatable bonds is 4. The van der Waals surface area contributed by atoms with Crippen LogP contribution in [0.15, 0.2) is 66.7 Å². The predicted molar refractivity (Wildman–Crippen MR) is 92.2 cm³/mol. The van der Waals surface area contributed by atoms with Gasteiger partial charge < -0.3 is 4.90 Å². The van der Waals surface area contributed by atoms with Crippen molar-refractivity contribution < 1.29 is 4.79 Å². The molecule has 2 aromatic carbocycles. The molecular weight excluding hydrogens is 270 g/mol. The summed E-state index contributed by atoms with van der Waals surface area (Å²) in [6, 6.07) is 20.0. The second kappa shape index (κ2) is 7.08. The molecule has 0 fully saturated rings. The zero-order valence-corrected chi connectivity index (χ0v) is 13.5. The Labute approximate surface area is 133 Å². The molecule has 0 aliphatic carbocycles. The predicted octanol–water partition coefficient (Wildman–Crippen LogP) is 4.53. The third-order valence-electron chi connectivity index (χ3n) is 3.48. The number of amides is 1. The number of carbonyl (C=O) groups excluding carboxylic acids is 1. The second-order valence-corrected chi connectivity index (χ2v) is 6.32. The van der Waals surface area contributed by atoms with E-state index in [1.165, 1.54) is 0 Å². The molecule has 0 aliphatic rings. The maximum atomic E-state index is 12.6. The van der Waals surface area contributed by atoms with E-state index in [1.807, 2.05) is 71.6 Å². The Morgan fingerprint density at radius 1 is 0.955 bits per heavy atom. The normalized spacial score (nSPS) is 11.6. The Bertz CT molecular complexity index is 624. The smallest absolute Gasteiger partial charge is 0.247 e. The van der Waals surface area contributed by atoms with Gasteiger partial charge in [0, 0.05) is 18.2 Å². The average Bonchev–Trinajstić information content (AvgIpc) is 2.51. The number of nitrogens with zero attached hydrogens (tertiary/aromatic N) is 1. The Morgan fingerprint density at radius 2 is 1.50 bits per heavy atom. The molecule has 2 heteroatoms. The lowest BCUT2D eigenvalue weighted by Crippen LogP contribution is -2.44. The summed E-state index contributed by atoms with van der Waals surface area (Å²) in [4.78, 5) is 14.5. The third-order valence-corrected chi connectivity index (χ3v) is 3.48. The molecule has 0 N–H and O–H groups in total. The van der Waals surface area contributed by atoms with Gasteiger partial charge in [0.2, 0.25) is 5.91 Å². The highest BCUT2D eigenvalue weighted by molar-refractivity contribution is 5.92. The zero-order valence-electron chi connectivity index (χ0n) is 13.5. The van der Waals surface area contributed by atoms with Gasteiger partial charge in [-0.15, -0.1) is 0 Å². The lowest BCUT2D eigenvalue weighted by atomic mass is 10.0. The van der Waals surface area contributed by atoms with E-state index in [1.54, 1.807) is 6.08 Å². The molecule has 0 aromatic heterocycles. The van der Waals surface area contributed by atoms with E-state index in [2.05, 4.69) is 20.8 Å². The maximum Gasteiger partial charge on any atom is 0.247 e. The van der Waals surface area contributed by atoms with Gasteiger partial charge in [-0.3, -0.25) is 4.79 Å². The van der Waals surface area contributed by atoms with Gasteiger partial charge in [0.15, 0.2) is 0 Å². The van der Waals surface area contributed by atoms with Crippen molar-refractivity contribution in [3.8, 4) is 0 Å². The largest absolute Gasteiger partial charge is 0.330 e. The summed E-state index contributed by atoms with van der Waals surface area (Å²) in [5.41, 5.74) is 1.94. The summed E-state index contributed by atoms with van der Waals surface area (Å²) in [7, 11) is 0. The summed E-state index contributed by atoms with van der Waals surface area (Å²) in [5.74, 6) is 0.0280. The molecule has 0 heterocycles. The zero-order chi connectivity index (χ0) is 16.0. The highest BCUT2D eigenvalue weighted by atomic mass is 16.2. The fourth-order valence-corrected chi connectivity index (χ4v) is 2.23. The molecule has 1 amide bonds. The van der Waals surface area contributed by atoms with Crippen molar-refractivity contribution in [2.75, 3.05) is 0 Å². The lowest BCUT2D eigenvalue weighted by Gasteiger charge is -2.35. The Kier molecular flexibility index (Phi) is 5.16. The minimum absolute atomic E-state index is 0.0280. The minimum Gasteiger partial charge on any atom is -0.330 e. The van der Waals surface area contributed by atoms with Crippen LogP contribution in [0.1, 0.15) is 31.9 Å². The van der Waals surface area contributed by atoms with Crippen molar-refractivity contribution in [1.82, 2.24) is 4.90 Å². The fourth-order valence-electron chi connectivity index (χ4n) is 2.23. The van der Waals surface area contributed by atoms with Gasteiger partial charge in [0.25, 0.3) is 0 Å². The number of benzene rings is 2. The van der Waals surface area contributed by atoms with E-state index < -0.39 is 0 Å². The number of hydrogen-bond donors (Lipinski definition) is 0. The van der Waals surface area contributed by atoms with Crippen LogP contribution in [0.2, 0.25) is 0 Å². The molecule has 0 radical (unpaired) electrons. The molecule has 0 saturated heterocycles. The molecule has 0 bridgehead atoms. The first kappa shape index (κ1) is 16.0. The summed E-state index contributed by atoms with van der Waals surface area (Å²) < 4.78 is 0. The molecule has 0 atom stereocenters. The van der Waals surface area contributed by atoms with Crippen LogP contribution in [0.3, 0.4) is 0 Å². The fraction of sp³-hybridized carbons (Fsp3) is 0.250. The van der Waals surface area contributed by atoms with E-state index in [0.717, 1.165) is 11.1 Å². The molecule has 2 aromatic rings. The Balaban J connectivity index is 2.15. The highest BCUT2D eigenvalue weighted by Gasteiger charge is 2.24. The van der Waals surface area contributed by atoms with E-state index in [-0.39, 0.29) is 11.4 Å². The van der Waals surface area contributed by atoms with E-state index >= 15 is 0 Å². The van der Waals surface area contributed by atoms with Crippen LogP contribution in [-0.2, 0) is 11.3 Å². The van der Waals surface area contributed by atoms with Crippen molar-refractivity contribution in [3.63, 3.8) is 0 Å². The van der Waals surface area contributed by atoms with E-state index in [9.17, 15) is 4.79 Å². The molecule has 2 nitrogen and oxygen atoms in total. The van der Waals surface area contributed by atoms with Gasteiger partial charge in [-0.25, -0.2) is 0 Å². The molecule has 2 rings (SSSR count). The molecule has 0 unspecified atom stereocenters. The van der Waals surface area contributed by atoms with Crippen LogP contribution in [0.25, 0.3) is 6.08 Å². The second-order valence-electron chi connectivity index (χ2n) is 6.32. The quantitative estimate of drug-likeness (QED) is 0.759. The Morgan fingerprint density at radius 3 is 2.05 bits per heavy atom. The Hall–Kier alpha value is -2.35. The van der Waals surface area contributed by atoms with Gasteiger partial charge in [-0.05, 0) is 38.0 Å². The van der Waals surface area contributed by atoms with Gasteiger partial charge >= 0.3 is 0 Å². The average molecular weight is 293 g/mol. The lowest BCUT2D eigenvalue weighted by molar-refractivity contribution is -0.131. The molecule has 0 aliphatic heterocycles. The van der Waals surface area contributed by atoms with Crippen molar-refractivity contribution in [2.24, 2.45) is 0 Å². The molecule has 0 spiro atoms. The molecular formula is C20H23NO. The number of carbonyl (C=O) groups is 1. The monoisotopic (exact) mass is 293 g/mol. The maximum absolute atomic E-state index is 12.6. The van der Waals surface area contributed by atoms with Gasteiger partial charge in [-0.2, -0.15) is 0 Å². The SMILES string of the molecule is CC(C)(C)N(Cc1ccccc1)C(=O)/C=C/c1ccccc1. The van der Waals surface area contributed by atoms with Crippen LogP contribution in [0, 0.1) is 0 Å². The van der Waals surface area contributed by atoms with E-state index in [4.69, 9.17) is 0 Å². The van der Waals surface area contributed by atoms with E-state index in [0.29, 0.717) is 6.54 Å². The van der Waals surface area contributed by atoms with Crippen molar-refractivity contribution in [3.05, 3.63) is 77.9 Å².